The monoisotopic (exact) mass is 203 g/mol. The lowest BCUT2D eigenvalue weighted by Gasteiger charge is -2.24. The molecule has 0 aromatic carbocycles. The van der Waals surface area contributed by atoms with Crippen molar-refractivity contribution in [2.24, 2.45) is 5.92 Å². The second-order valence-corrected chi connectivity index (χ2v) is 4.33. The highest BCUT2D eigenvalue weighted by Gasteiger charge is 2.24. The lowest BCUT2D eigenvalue weighted by atomic mass is 9.85. The second kappa shape index (κ2) is 5.48. The molecule has 0 spiro atoms. The maximum atomic E-state index is 11.3. The highest BCUT2D eigenvalue weighted by Crippen LogP contribution is 2.26. The van der Waals surface area contributed by atoms with Crippen LogP contribution in [0.4, 0.5) is 0 Å². The maximum absolute atomic E-state index is 11.3. The van der Waals surface area contributed by atoms with Gasteiger partial charge in [0.25, 0.3) is 0 Å². The Morgan fingerprint density at radius 3 is 2.77 bits per heavy atom. The Kier molecular flexibility index (Phi) is 4.57. The Morgan fingerprint density at radius 2 is 2.31 bits per heavy atom. The van der Waals surface area contributed by atoms with Crippen molar-refractivity contribution >= 4 is 17.5 Å². The molecule has 1 amide bonds. The molecule has 1 rings (SSSR count). The van der Waals surface area contributed by atoms with Crippen LogP contribution in [0.2, 0.25) is 0 Å². The van der Waals surface area contributed by atoms with Crippen molar-refractivity contribution < 1.29 is 4.79 Å². The van der Waals surface area contributed by atoms with Crippen molar-refractivity contribution in [2.75, 3.05) is 6.54 Å². The number of hydrogen-bond donors (Lipinski definition) is 1. The molecule has 3 heteroatoms. The SMILES string of the molecule is CCC(Cl)CCNC(=O)C1CCC1. The first-order valence-corrected chi connectivity index (χ1v) is 5.59. The van der Waals surface area contributed by atoms with Crippen molar-refractivity contribution in [1.82, 2.24) is 5.32 Å². The van der Waals surface area contributed by atoms with Crippen LogP contribution in [-0.4, -0.2) is 17.8 Å². The highest BCUT2D eigenvalue weighted by molar-refractivity contribution is 6.20. The topological polar surface area (TPSA) is 29.1 Å². The molecule has 0 heterocycles. The molecular weight excluding hydrogens is 186 g/mol. The van der Waals surface area contributed by atoms with Crippen molar-refractivity contribution in [2.45, 2.75) is 44.4 Å². The van der Waals surface area contributed by atoms with E-state index in [1.54, 1.807) is 0 Å². The van der Waals surface area contributed by atoms with Gasteiger partial charge in [0.2, 0.25) is 5.91 Å². The summed E-state index contributed by atoms with van der Waals surface area (Å²) in [6, 6.07) is 0. The number of carbonyl (C=O) groups is 1. The van der Waals surface area contributed by atoms with Crippen LogP contribution < -0.4 is 5.32 Å². The summed E-state index contributed by atoms with van der Waals surface area (Å²) in [6.45, 7) is 2.79. The van der Waals surface area contributed by atoms with E-state index in [-0.39, 0.29) is 11.3 Å². The minimum absolute atomic E-state index is 0.210. The molecule has 1 saturated carbocycles. The molecule has 1 atom stereocenters. The van der Waals surface area contributed by atoms with Crippen molar-refractivity contribution in [1.29, 1.82) is 0 Å². The van der Waals surface area contributed by atoms with Crippen LogP contribution in [0, 0.1) is 5.92 Å². The lowest BCUT2D eigenvalue weighted by Crippen LogP contribution is -2.35. The van der Waals surface area contributed by atoms with E-state index in [1.807, 2.05) is 0 Å². The van der Waals surface area contributed by atoms with Gasteiger partial charge >= 0.3 is 0 Å². The van der Waals surface area contributed by atoms with Gasteiger partial charge in [-0.25, -0.2) is 0 Å². The summed E-state index contributed by atoms with van der Waals surface area (Å²) in [5.74, 6) is 0.529. The summed E-state index contributed by atoms with van der Waals surface area (Å²) in [5, 5.41) is 3.14. The quantitative estimate of drug-likeness (QED) is 0.683. The molecule has 1 N–H and O–H groups in total. The van der Waals surface area contributed by atoms with E-state index in [4.69, 9.17) is 11.6 Å². The minimum Gasteiger partial charge on any atom is -0.356 e. The number of halogens is 1. The van der Waals surface area contributed by atoms with Gasteiger partial charge in [-0.05, 0) is 25.7 Å². The van der Waals surface area contributed by atoms with Gasteiger partial charge < -0.3 is 5.32 Å². The molecule has 0 aromatic rings. The summed E-state index contributed by atoms with van der Waals surface area (Å²) in [7, 11) is 0. The van der Waals surface area contributed by atoms with Crippen LogP contribution in [0.25, 0.3) is 0 Å². The fourth-order valence-electron chi connectivity index (χ4n) is 1.37. The van der Waals surface area contributed by atoms with Gasteiger partial charge in [-0.15, -0.1) is 11.6 Å². The predicted octanol–water partition coefficient (Wildman–Crippen LogP) is 2.31. The van der Waals surface area contributed by atoms with Gasteiger partial charge in [-0.1, -0.05) is 13.3 Å². The summed E-state index contributed by atoms with van der Waals surface area (Å²) in [6.07, 6.45) is 5.22. The first-order chi connectivity index (χ1) is 6.24. The number of rotatable bonds is 5. The van der Waals surface area contributed by atoms with Gasteiger partial charge in [-0.2, -0.15) is 0 Å². The van der Waals surface area contributed by atoms with E-state index in [2.05, 4.69) is 12.2 Å². The standard InChI is InChI=1S/C10H18ClNO/c1-2-9(11)6-7-12-10(13)8-4-3-5-8/h8-9H,2-7H2,1H3,(H,12,13). The number of carbonyl (C=O) groups excluding carboxylic acids is 1. The first kappa shape index (κ1) is 10.8. The zero-order valence-corrected chi connectivity index (χ0v) is 8.94. The summed E-state index contributed by atoms with van der Waals surface area (Å²) in [5.41, 5.74) is 0. The molecule has 1 aliphatic carbocycles. The molecule has 0 saturated heterocycles. The summed E-state index contributed by atoms with van der Waals surface area (Å²) < 4.78 is 0. The Balaban J connectivity index is 2.01. The van der Waals surface area contributed by atoms with Crippen LogP contribution >= 0.6 is 11.6 Å². The third-order valence-corrected chi connectivity index (χ3v) is 3.20. The lowest BCUT2D eigenvalue weighted by molar-refractivity contribution is -0.127. The van der Waals surface area contributed by atoms with Crippen LogP contribution in [0.1, 0.15) is 39.0 Å². The molecule has 1 aliphatic rings. The second-order valence-electron chi connectivity index (χ2n) is 3.71. The number of amides is 1. The highest BCUT2D eigenvalue weighted by atomic mass is 35.5. The Morgan fingerprint density at radius 1 is 1.62 bits per heavy atom. The maximum Gasteiger partial charge on any atom is 0.223 e. The van der Waals surface area contributed by atoms with Crippen LogP contribution in [0.3, 0.4) is 0 Å². The molecular formula is C10H18ClNO. The number of nitrogens with one attached hydrogen (secondary N) is 1. The first-order valence-electron chi connectivity index (χ1n) is 5.15. The minimum atomic E-state index is 0.210. The van der Waals surface area contributed by atoms with Crippen molar-refractivity contribution in [3.63, 3.8) is 0 Å². The van der Waals surface area contributed by atoms with Gasteiger partial charge in [-0.3, -0.25) is 4.79 Å². The van der Waals surface area contributed by atoms with Crippen LogP contribution in [0.5, 0.6) is 0 Å². The van der Waals surface area contributed by atoms with Gasteiger partial charge in [0, 0.05) is 17.8 Å². The molecule has 2 nitrogen and oxygen atoms in total. The molecule has 76 valence electrons. The van der Waals surface area contributed by atoms with Crippen molar-refractivity contribution in [3.05, 3.63) is 0 Å². The zero-order chi connectivity index (χ0) is 9.68. The van der Waals surface area contributed by atoms with E-state index >= 15 is 0 Å². The van der Waals surface area contributed by atoms with Gasteiger partial charge in [0.05, 0.1) is 0 Å². The van der Waals surface area contributed by atoms with Gasteiger partial charge in [0.1, 0.15) is 0 Å². The molecule has 0 radical (unpaired) electrons. The third kappa shape index (κ3) is 3.55. The summed E-state index contributed by atoms with van der Waals surface area (Å²) in [4.78, 5) is 11.3. The molecule has 13 heavy (non-hydrogen) atoms. The third-order valence-electron chi connectivity index (χ3n) is 2.68. The summed E-state index contributed by atoms with van der Waals surface area (Å²) >= 11 is 5.92. The smallest absolute Gasteiger partial charge is 0.223 e. The van der Waals surface area contributed by atoms with E-state index < -0.39 is 0 Å². The average molecular weight is 204 g/mol. The Hall–Kier alpha value is -0.240. The fraction of sp³-hybridized carbons (Fsp3) is 0.900. The molecule has 0 bridgehead atoms. The number of hydrogen-bond acceptors (Lipinski definition) is 1. The van der Waals surface area contributed by atoms with E-state index in [0.717, 1.165) is 32.2 Å². The van der Waals surface area contributed by atoms with E-state index in [9.17, 15) is 4.79 Å². The van der Waals surface area contributed by atoms with Crippen molar-refractivity contribution in [3.8, 4) is 0 Å². The Labute approximate surface area is 85.0 Å². The largest absolute Gasteiger partial charge is 0.356 e. The molecule has 1 fully saturated rings. The van der Waals surface area contributed by atoms with Gasteiger partial charge in [0.15, 0.2) is 0 Å². The predicted molar refractivity (Wildman–Crippen MR) is 54.9 cm³/mol. The van der Waals surface area contributed by atoms with E-state index in [1.165, 1.54) is 6.42 Å². The molecule has 0 aliphatic heterocycles. The van der Waals surface area contributed by atoms with Crippen LogP contribution in [-0.2, 0) is 4.79 Å². The molecule has 0 aromatic heterocycles. The average Bonchev–Trinajstić information content (AvgIpc) is 2.01. The van der Waals surface area contributed by atoms with E-state index in [0.29, 0.717) is 5.92 Å². The zero-order valence-electron chi connectivity index (χ0n) is 8.18. The fourth-order valence-corrected chi connectivity index (χ4v) is 1.48. The Bertz CT molecular complexity index is 168. The molecule has 1 unspecified atom stereocenters. The number of alkyl halides is 1. The normalized spacial score (nSPS) is 19.2. The van der Waals surface area contributed by atoms with Crippen LogP contribution in [0.15, 0.2) is 0 Å².